The third-order valence-electron chi connectivity index (χ3n) is 5.97. The van der Waals surface area contributed by atoms with E-state index in [1.807, 2.05) is 45.0 Å². The Morgan fingerprint density at radius 1 is 1.37 bits per heavy atom. The van der Waals surface area contributed by atoms with Gasteiger partial charge >= 0.3 is 0 Å². The van der Waals surface area contributed by atoms with Gasteiger partial charge in [-0.15, -0.1) is 12.4 Å². The van der Waals surface area contributed by atoms with Crippen LogP contribution in [0, 0.1) is 5.41 Å². The number of carbonyl (C=O) groups excluding carboxylic acids is 2. The van der Waals surface area contributed by atoms with E-state index in [0.29, 0.717) is 25.1 Å². The van der Waals surface area contributed by atoms with Gasteiger partial charge in [-0.3, -0.25) is 9.59 Å². The Balaban J connectivity index is 0.00000261. The fraction of sp³-hybridized carbons (Fsp3) is 0.600. The summed E-state index contributed by atoms with van der Waals surface area (Å²) in [7, 11) is 0. The second-order valence-electron chi connectivity index (χ2n) is 7.85. The number of amides is 2. The van der Waals surface area contributed by atoms with Gasteiger partial charge in [0.15, 0.2) is 0 Å². The molecular formula is C20H30ClN3O3. The molecule has 2 fully saturated rings. The van der Waals surface area contributed by atoms with Crippen molar-refractivity contribution in [1.29, 1.82) is 0 Å². The number of nitrogens with one attached hydrogen (secondary N) is 1. The number of hydrogen-bond donors (Lipinski definition) is 2. The van der Waals surface area contributed by atoms with Crippen LogP contribution in [0.3, 0.4) is 0 Å². The third kappa shape index (κ3) is 3.84. The third-order valence-corrected chi connectivity index (χ3v) is 5.97. The summed E-state index contributed by atoms with van der Waals surface area (Å²) in [4.78, 5) is 26.8. The van der Waals surface area contributed by atoms with E-state index in [9.17, 15) is 9.59 Å². The largest absolute Gasteiger partial charge is 0.378 e. The van der Waals surface area contributed by atoms with Crippen molar-refractivity contribution >= 4 is 35.6 Å². The van der Waals surface area contributed by atoms with E-state index >= 15 is 0 Å². The Morgan fingerprint density at radius 2 is 2.11 bits per heavy atom. The van der Waals surface area contributed by atoms with Crippen LogP contribution in [0.5, 0.6) is 0 Å². The van der Waals surface area contributed by atoms with Crippen molar-refractivity contribution in [3.8, 4) is 0 Å². The maximum Gasteiger partial charge on any atom is 0.245 e. The molecule has 1 heterocycles. The predicted molar refractivity (Wildman–Crippen MR) is 109 cm³/mol. The van der Waals surface area contributed by atoms with Crippen LogP contribution in [0.4, 0.5) is 11.4 Å². The normalized spacial score (nSPS) is 26.7. The average Bonchev–Trinajstić information content (AvgIpc) is 2.62. The molecule has 1 saturated heterocycles. The molecule has 2 aliphatic rings. The molecule has 2 atom stereocenters. The molecule has 1 aliphatic carbocycles. The standard InChI is InChI=1S/C20H29N3O3.ClH/c1-4-26-16-13-20(21,19(16,2)3)18(25)22-14-8-7-9-15(12-14)23-11-6-5-10-17(23)24;/h7-9,12,16H,4-6,10-11,13,21H2,1-3H3,(H,22,25);1H. The predicted octanol–water partition coefficient (Wildman–Crippen LogP) is 3.10. The Morgan fingerprint density at radius 3 is 2.74 bits per heavy atom. The van der Waals surface area contributed by atoms with Gasteiger partial charge in [-0.1, -0.05) is 19.9 Å². The molecule has 0 bridgehead atoms. The summed E-state index contributed by atoms with van der Waals surface area (Å²) in [6.07, 6.45) is 3.01. The van der Waals surface area contributed by atoms with Gasteiger partial charge in [-0.2, -0.15) is 0 Å². The van der Waals surface area contributed by atoms with Crippen LogP contribution < -0.4 is 16.0 Å². The lowest BCUT2D eigenvalue weighted by atomic mass is 9.54. The maximum atomic E-state index is 12.9. The van der Waals surface area contributed by atoms with Crippen molar-refractivity contribution in [3.63, 3.8) is 0 Å². The van der Waals surface area contributed by atoms with E-state index < -0.39 is 11.0 Å². The zero-order valence-electron chi connectivity index (χ0n) is 16.3. The quantitative estimate of drug-likeness (QED) is 0.802. The van der Waals surface area contributed by atoms with Crippen molar-refractivity contribution in [2.24, 2.45) is 11.1 Å². The molecule has 0 aromatic heterocycles. The number of piperidine rings is 1. The summed E-state index contributed by atoms with van der Waals surface area (Å²) >= 11 is 0. The highest BCUT2D eigenvalue weighted by atomic mass is 35.5. The molecule has 2 unspecified atom stereocenters. The highest BCUT2D eigenvalue weighted by molar-refractivity contribution is 6.01. The lowest BCUT2D eigenvalue weighted by Gasteiger charge is -2.57. The van der Waals surface area contributed by atoms with Crippen LogP contribution in [0.1, 0.15) is 46.5 Å². The van der Waals surface area contributed by atoms with Gasteiger partial charge in [0.05, 0.1) is 6.10 Å². The van der Waals surface area contributed by atoms with Crippen molar-refractivity contribution < 1.29 is 14.3 Å². The molecule has 3 rings (SSSR count). The minimum atomic E-state index is -0.968. The van der Waals surface area contributed by atoms with E-state index in [-0.39, 0.29) is 30.3 Å². The second kappa shape index (κ2) is 8.17. The Kier molecular flexibility index (Phi) is 6.55. The van der Waals surface area contributed by atoms with Gasteiger partial charge < -0.3 is 20.7 Å². The molecule has 1 aromatic rings. The number of benzene rings is 1. The van der Waals surface area contributed by atoms with Crippen molar-refractivity contribution in [2.45, 2.75) is 58.1 Å². The fourth-order valence-electron chi connectivity index (χ4n) is 3.89. The molecule has 7 heteroatoms. The maximum absolute atomic E-state index is 12.9. The lowest BCUT2D eigenvalue weighted by molar-refractivity contribution is -0.166. The van der Waals surface area contributed by atoms with Gasteiger partial charge in [0.25, 0.3) is 0 Å². The molecular weight excluding hydrogens is 366 g/mol. The van der Waals surface area contributed by atoms with Gasteiger partial charge in [0.2, 0.25) is 11.8 Å². The summed E-state index contributed by atoms with van der Waals surface area (Å²) in [5.41, 5.74) is 6.51. The Labute approximate surface area is 167 Å². The van der Waals surface area contributed by atoms with Crippen LogP contribution in [0.2, 0.25) is 0 Å². The van der Waals surface area contributed by atoms with Crippen molar-refractivity contribution in [2.75, 3.05) is 23.4 Å². The molecule has 1 aliphatic heterocycles. The van der Waals surface area contributed by atoms with E-state index in [0.717, 1.165) is 25.1 Å². The number of nitrogens with zero attached hydrogens (tertiary/aromatic N) is 1. The topological polar surface area (TPSA) is 84.7 Å². The number of nitrogens with two attached hydrogens (primary N) is 1. The van der Waals surface area contributed by atoms with Crippen molar-refractivity contribution in [1.82, 2.24) is 0 Å². The van der Waals surface area contributed by atoms with Crippen LogP contribution in [0.25, 0.3) is 0 Å². The second-order valence-corrected chi connectivity index (χ2v) is 7.85. The fourth-order valence-corrected chi connectivity index (χ4v) is 3.89. The van der Waals surface area contributed by atoms with Gasteiger partial charge in [-0.05, 0) is 38.0 Å². The Bertz CT molecular complexity index is 709. The van der Waals surface area contributed by atoms with Crippen molar-refractivity contribution in [3.05, 3.63) is 24.3 Å². The minimum absolute atomic E-state index is 0. The van der Waals surface area contributed by atoms with E-state index in [4.69, 9.17) is 10.5 Å². The monoisotopic (exact) mass is 395 g/mol. The van der Waals surface area contributed by atoms with Gasteiger partial charge in [-0.25, -0.2) is 0 Å². The molecule has 2 amide bonds. The Hall–Kier alpha value is -1.63. The van der Waals surface area contributed by atoms with Crippen LogP contribution in [0.15, 0.2) is 24.3 Å². The van der Waals surface area contributed by atoms with E-state index in [2.05, 4.69) is 5.32 Å². The molecule has 150 valence electrons. The number of rotatable bonds is 5. The molecule has 0 radical (unpaired) electrons. The first kappa shape index (κ1) is 21.7. The number of anilines is 2. The zero-order valence-corrected chi connectivity index (χ0v) is 17.1. The van der Waals surface area contributed by atoms with Crippen LogP contribution >= 0.6 is 12.4 Å². The first-order valence-electron chi connectivity index (χ1n) is 9.42. The SMILES string of the molecule is CCOC1CC(N)(C(=O)Nc2cccc(N3CCCCC3=O)c2)C1(C)C.Cl. The molecule has 0 spiro atoms. The summed E-state index contributed by atoms with van der Waals surface area (Å²) in [5, 5.41) is 2.94. The summed E-state index contributed by atoms with van der Waals surface area (Å²) in [6, 6.07) is 7.42. The smallest absolute Gasteiger partial charge is 0.245 e. The minimum Gasteiger partial charge on any atom is -0.378 e. The van der Waals surface area contributed by atoms with Crippen LogP contribution in [-0.4, -0.2) is 36.6 Å². The molecule has 1 saturated carbocycles. The summed E-state index contributed by atoms with van der Waals surface area (Å²) in [5.74, 6) is -0.0738. The number of carbonyl (C=O) groups is 2. The summed E-state index contributed by atoms with van der Waals surface area (Å²) in [6.45, 7) is 7.22. The summed E-state index contributed by atoms with van der Waals surface area (Å²) < 4.78 is 5.69. The van der Waals surface area contributed by atoms with Gasteiger partial charge in [0.1, 0.15) is 5.54 Å². The lowest BCUT2D eigenvalue weighted by Crippen LogP contribution is -2.74. The number of hydrogen-bond acceptors (Lipinski definition) is 4. The van der Waals surface area contributed by atoms with Gasteiger partial charge in [0, 0.05) is 42.8 Å². The molecule has 3 N–H and O–H groups in total. The average molecular weight is 396 g/mol. The number of halogens is 1. The van der Waals surface area contributed by atoms with E-state index in [1.54, 1.807) is 4.90 Å². The molecule has 27 heavy (non-hydrogen) atoms. The molecule has 6 nitrogen and oxygen atoms in total. The highest BCUT2D eigenvalue weighted by Crippen LogP contribution is 2.50. The van der Waals surface area contributed by atoms with Crippen LogP contribution in [-0.2, 0) is 14.3 Å². The highest BCUT2D eigenvalue weighted by Gasteiger charge is 2.62. The first-order chi connectivity index (χ1) is 12.3. The molecule has 1 aromatic carbocycles. The number of ether oxygens (including phenoxy) is 1. The first-order valence-corrected chi connectivity index (χ1v) is 9.42. The van der Waals surface area contributed by atoms with E-state index in [1.165, 1.54) is 0 Å². The zero-order chi connectivity index (χ0) is 18.9.